The van der Waals surface area contributed by atoms with E-state index < -0.39 is 0 Å². The van der Waals surface area contributed by atoms with E-state index in [-0.39, 0.29) is 0 Å². The van der Waals surface area contributed by atoms with Crippen molar-refractivity contribution >= 4 is 59.6 Å². The van der Waals surface area contributed by atoms with Crippen molar-refractivity contribution in [3.05, 3.63) is 115 Å². The molecule has 1 heteroatoms. The highest BCUT2D eigenvalue weighted by Gasteiger charge is 2.14. The maximum absolute atomic E-state index is 3.47. The summed E-state index contributed by atoms with van der Waals surface area (Å²) in [6.07, 6.45) is 0. The molecule has 0 radical (unpaired) electrons. The Labute approximate surface area is 179 Å². The van der Waals surface area contributed by atoms with Gasteiger partial charge in [-0.1, -0.05) is 91.0 Å². The third-order valence-electron chi connectivity index (χ3n) is 6.42. The van der Waals surface area contributed by atoms with Gasteiger partial charge in [-0.3, -0.25) is 0 Å². The SMILES string of the molecule is c1ccc2c3ccccc3c3ccccc3c3cccc4c5ccccc5n(c2c#1)c34. The number of benzene rings is 4. The summed E-state index contributed by atoms with van der Waals surface area (Å²) in [6.45, 7) is 0. The second-order valence-corrected chi connectivity index (χ2v) is 8.01. The van der Waals surface area contributed by atoms with Crippen LogP contribution in [0, 0.1) is 12.1 Å². The van der Waals surface area contributed by atoms with Gasteiger partial charge in [-0.15, -0.1) is 0 Å². The van der Waals surface area contributed by atoms with Crippen molar-refractivity contribution < 1.29 is 0 Å². The minimum atomic E-state index is 1.04. The van der Waals surface area contributed by atoms with Crippen LogP contribution in [0.1, 0.15) is 0 Å². The van der Waals surface area contributed by atoms with Gasteiger partial charge >= 0.3 is 0 Å². The molecule has 0 aliphatic heterocycles. The maximum Gasteiger partial charge on any atom is 0.105 e. The molecule has 0 bridgehead atoms. The Morgan fingerprint density at radius 1 is 0.452 bits per heavy atom. The molecule has 5 aromatic carbocycles. The molecule has 0 aliphatic carbocycles. The molecule has 0 fully saturated rings. The van der Waals surface area contributed by atoms with Crippen LogP contribution in [0.15, 0.2) is 103 Å². The van der Waals surface area contributed by atoms with Crippen LogP contribution in [0.25, 0.3) is 59.6 Å². The molecule has 2 aromatic heterocycles. The minimum absolute atomic E-state index is 1.04. The van der Waals surface area contributed by atoms with Gasteiger partial charge in [0.05, 0.1) is 11.0 Å². The first-order valence-corrected chi connectivity index (χ1v) is 10.6. The Morgan fingerprint density at radius 2 is 0.968 bits per heavy atom. The van der Waals surface area contributed by atoms with E-state index in [9.17, 15) is 0 Å². The average Bonchev–Trinajstić information content (AvgIpc) is 3.20. The van der Waals surface area contributed by atoms with Gasteiger partial charge in [0.1, 0.15) is 5.52 Å². The highest BCUT2D eigenvalue weighted by molar-refractivity contribution is 6.24. The predicted octanol–water partition coefficient (Wildman–Crippen LogP) is 7.87. The topological polar surface area (TPSA) is 4.41 Å². The number of aromatic nitrogens is 1. The first kappa shape index (κ1) is 16.5. The van der Waals surface area contributed by atoms with Crippen molar-refractivity contribution in [2.75, 3.05) is 0 Å². The van der Waals surface area contributed by atoms with Crippen molar-refractivity contribution in [3.63, 3.8) is 0 Å². The van der Waals surface area contributed by atoms with E-state index in [0.717, 1.165) is 5.52 Å². The fourth-order valence-corrected chi connectivity index (χ4v) is 5.15. The third-order valence-corrected chi connectivity index (χ3v) is 6.42. The van der Waals surface area contributed by atoms with Crippen LogP contribution in [0.5, 0.6) is 0 Å². The Hall–Kier alpha value is -4.28. The average molecular weight is 391 g/mol. The molecule has 7 aromatic rings. The summed E-state index contributed by atoms with van der Waals surface area (Å²) < 4.78 is 2.38. The summed E-state index contributed by atoms with van der Waals surface area (Å²) in [4.78, 5) is 0. The van der Waals surface area contributed by atoms with Gasteiger partial charge in [-0.05, 0) is 45.8 Å². The zero-order chi connectivity index (χ0) is 20.4. The molecule has 0 saturated carbocycles. The van der Waals surface area contributed by atoms with Gasteiger partial charge in [0.25, 0.3) is 0 Å². The molecule has 31 heavy (non-hydrogen) atoms. The molecule has 0 saturated heterocycles. The lowest BCUT2D eigenvalue weighted by Gasteiger charge is -2.02. The summed E-state index contributed by atoms with van der Waals surface area (Å²) >= 11 is 0. The standard InChI is InChI=1S/C30H17N/c1-3-12-22-20(10-1)21-11-2-4-13-23(21)26-16-9-17-27-25-15-6-8-19-29(25)31(30(26)27)28-18-7-5-14-24(22)28/h1-6,8-17,19H. The maximum atomic E-state index is 3.47. The minimum Gasteiger partial charge on any atom is -0.301 e. The van der Waals surface area contributed by atoms with Gasteiger partial charge in [0, 0.05) is 21.5 Å². The van der Waals surface area contributed by atoms with Crippen molar-refractivity contribution in [1.82, 2.24) is 4.40 Å². The molecular weight excluding hydrogens is 374 g/mol. The molecule has 0 amide bonds. The molecule has 0 spiro atoms. The van der Waals surface area contributed by atoms with Gasteiger partial charge in [0.15, 0.2) is 0 Å². The highest BCUT2D eigenvalue weighted by atomic mass is 14.9. The molecule has 1 nitrogen and oxygen atoms in total. The van der Waals surface area contributed by atoms with E-state index in [0.29, 0.717) is 0 Å². The number of rotatable bonds is 0. The van der Waals surface area contributed by atoms with E-state index in [2.05, 4.69) is 114 Å². The van der Waals surface area contributed by atoms with Crippen LogP contribution >= 0.6 is 0 Å². The summed E-state index contributed by atoms with van der Waals surface area (Å²) in [7, 11) is 0. The molecule has 0 atom stereocenters. The molecule has 0 unspecified atom stereocenters. The van der Waals surface area contributed by atoms with Crippen LogP contribution in [-0.4, -0.2) is 4.40 Å². The molecule has 0 aliphatic rings. The number of hydrogen-bond acceptors (Lipinski definition) is 0. The first-order chi connectivity index (χ1) is 15.4. The fourth-order valence-electron chi connectivity index (χ4n) is 5.15. The predicted molar refractivity (Wildman–Crippen MR) is 131 cm³/mol. The van der Waals surface area contributed by atoms with E-state index >= 15 is 0 Å². The summed E-state index contributed by atoms with van der Waals surface area (Å²) in [6, 6.07) is 43.6. The zero-order valence-corrected chi connectivity index (χ0v) is 16.8. The molecular formula is C30H17N. The Balaban J connectivity index is 2.04. The van der Waals surface area contributed by atoms with Crippen LogP contribution < -0.4 is 0 Å². The van der Waals surface area contributed by atoms with Crippen LogP contribution in [0.4, 0.5) is 0 Å². The van der Waals surface area contributed by atoms with Gasteiger partial charge in [-0.2, -0.15) is 0 Å². The fraction of sp³-hybridized carbons (Fsp3) is 0. The lowest BCUT2D eigenvalue weighted by Crippen LogP contribution is -1.85. The second kappa shape index (κ2) is 6.11. The van der Waals surface area contributed by atoms with Crippen molar-refractivity contribution in [2.24, 2.45) is 0 Å². The smallest absolute Gasteiger partial charge is 0.105 e. The third kappa shape index (κ3) is 2.17. The molecule has 2 heterocycles. The Bertz CT molecular complexity index is 1840. The lowest BCUT2D eigenvalue weighted by molar-refractivity contribution is 1.36. The monoisotopic (exact) mass is 391 g/mol. The Kier molecular flexibility index (Phi) is 3.25. The van der Waals surface area contributed by atoms with Crippen LogP contribution in [0.3, 0.4) is 0 Å². The highest BCUT2D eigenvalue weighted by Crippen LogP contribution is 2.37. The quantitative estimate of drug-likeness (QED) is 0.248. The van der Waals surface area contributed by atoms with E-state index in [1.165, 1.54) is 54.1 Å². The number of fused-ring (bicyclic) bond motifs is 10. The number of para-hydroxylation sites is 2. The van der Waals surface area contributed by atoms with Crippen molar-refractivity contribution in [3.8, 4) is 0 Å². The number of hydrogen-bond donors (Lipinski definition) is 0. The molecule has 142 valence electrons. The largest absolute Gasteiger partial charge is 0.301 e. The number of nitrogens with zero attached hydrogens (tertiary/aromatic N) is 1. The van der Waals surface area contributed by atoms with Crippen LogP contribution in [0.2, 0.25) is 0 Å². The van der Waals surface area contributed by atoms with Crippen LogP contribution in [-0.2, 0) is 0 Å². The van der Waals surface area contributed by atoms with Gasteiger partial charge < -0.3 is 4.40 Å². The normalized spacial score (nSPS) is 11.6. The van der Waals surface area contributed by atoms with E-state index in [1.807, 2.05) is 6.07 Å². The lowest BCUT2D eigenvalue weighted by atomic mass is 10.0. The second-order valence-electron chi connectivity index (χ2n) is 8.01. The first-order valence-electron chi connectivity index (χ1n) is 10.6. The summed E-state index contributed by atoms with van der Waals surface area (Å²) in [5.74, 6) is 0. The molecule has 7 rings (SSSR count). The van der Waals surface area contributed by atoms with Crippen molar-refractivity contribution in [1.29, 1.82) is 0 Å². The van der Waals surface area contributed by atoms with Gasteiger partial charge in [0.2, 0.25) is 0 Å². The Morgan fingerprint density at radius 3 is 1.68 bits per heavy atom. The molecule has 0 N–H and O–H groups in total. The van der Waals surface area contributed by atoms with Gasteiger partial charge in [-0.25, -0.2) is 0 Å². The summed E-state index contributed by atoms with van der Waals surface area (Å²) in [5.41, 5.74) is 3.46. The zero-order valence-electron chi connectivity index (χ0n) is 16.8. The van der Waals surface area contributed by atoms with E-state index in [4.69, 9.17) is 0 Å². The summed E-state index contributed by atoms with van der Waals surface area (Å²) in [5, 5.41) is 9.89. The van der Waals surface area contributed by atoms with Crippen molar-refractivity contribution in [2.45, 2.75) is 0 Å². The van der Waals surface area contributed by atoms with E-state index in [1.54, 1.807) is 0 Å².